The predicted octanol–water partition coefficient (Wildman–Crippen LogP) is 1.08. The highest BCUT2D eigenvalue weighted by molar-refractivity contribution is 8.01. The highest BCUT2D eigenvalue weighted by Crippen LogP contribution is 2.42. The SMILES string of the molecule is CC(=O)OC1CSC(C(=O)O)(C(C)C)O1. The first kappa shape index (κ1) is 12.3. The largest absolute Gasteiger partial charge is 0.478 e. The van der Waals surface area contributed by atoms with Gasteiger partial charge in [0.05, 0.1) is 5.75 Å². The van der Waals surface area contributed by atoms with Crippen LogP contribution in [-0.2, 0) is 19.1 Å². The fourth-order valence-corrected chi connectivity index (χ4v) is 2.51. The number of thioether (sulfide) groups is 1. The van der Waals surface area contributed by atoms with Gasteiger partial charge in [0.25, 0.3) is 0 Å². The number of hydrogen-bond acceptors (Lipinski definition) is 5. The van der Waals surface area contributed by atoms with Gasteiger partial charge in [-0.3, -0.25) is 4.79 Å². The van der Waals surface area contributed by atoms with Crippen molar-refractivity contribution in [2.45, 2.75) is 32.0 Å². The summed E-state index contributed by atoms with van der Waals surface area (Å²) in [5, 5.41) is 9.10. The van der Waals surface area contributed by atoms with Gasteiger partial charge in [-0.25, -0.2) is 4.79 Å². The fraction of sp³-hybridized carbons (Fsp3) is 0.778. The molecule has 1 rings (SSSR count). The van der Waals surface area contributed by atoms with Gasteiger partial charge in [-0.1, -0.05) is 13.8 Å². The lowest BCUT2D eigenvalue weighted by molar-refractivity contribution is -0.196. The quantitative estimate of drug-likeness (QED) is 0.736. The van der Waals surface area contributed by atoms with E-state index in [0.29, 0.717) is 5.75 Å². The number of ether oxygens (including phenoxy) is 2. The van der Waals surface area contributed by atoms with Crippen molar-refractivity contribution in [3.05, 3.63) is 0 Å². The average molecular weight is 234 g/mol. The molecular formula is C9H14O5S. The second kappa shape index (κ2) is 4.40. The Morgan fingerprint density at radius 2 is 2.20 bits per heavy atom. The molecule has 0 aromatic rings. The monoisotopic (exact) mass is 234 g/mol. The summed E-state index contributed by atoms with van der Waals surface area (Å²) in [6, 6.07) is 0. The van der Waals surface area contributed by atoms with Crippen LogP contribution in [0.5, 0.6) is 0 Å². The molecule has 86 valence electrons. The van der Waals surface area contributed by atoms with Gasteiger partial charge in [-0.05, 0) is 0 Å². The van der Waals surface area contributed by atoms with Crippen molar-refractivity contribution in [3.8, 4) is 0 Å². The van der Waals surface area contributed by atoms with Crippen LogP contribution in [0, 0.1) is 5.92 Å². The second-order valence-corrected chi connectivity index (χ2v) is 4.82. The zero-order chi connectivity index (χ0) is 11.6. The van der Waals surface area contributed by atoms with Crippen molar-refractivity contribution >= 4 is 23.7 Å². The Morgan fingerprint density at radius 3 is 2.53 bits per heavy atom. The van der Waals surface area contributed by atoms with Crippen LogP contribution in [0.1, 0.15) is 20.8 Å². The molecule has 0 bridgehead atoms. The Morgan fingerprint density at radius 1 is 1.60 bits per heavy atom. The van der Waals surface area contributed by atoms with E-state index >= 15 is 0 Å². The maximum absolute atomic E-state index is 11.1. The number of esters is 1. The van der Waals surface area contributed by atoms with Gasteiger partial charge in [0, 0.05) is 12.8 Å². The van der Waals surface area contributed by atoms with Crippen LogP contribution >= 0.6 is 11.8 Å². The van der Waals surface area contributed by atoms with E-state index in [2.05, 4.69) is 0 Å². The number of carboxylic acid groups (broad SMARTS) is 1. The molecule has 1 aliphatic rings. The normalized spacial score (nSPS) is 30.5. The molecule has 0 aliphatic carbocycles. The van der Waals surface area contributed by atoms with Gasteiger partial charge in [-0.2, -0.15) is 0 Å². The molecule has 5 nitrogen and oxygen atoms in total. The molecule has 0 amide bonds. The molecule has 2 unspecified atom stereocenters. The third kappa shape index (κ3) is 2.43. The van der Waals surface area contributed by atoms with Gasteiger partial charge >= 0.3 is 11.9 Å². The van der Waals surface area contributed by atoms with Gasteiger partial charge in [0.2, 0.25) is 11.2 Å². The number of carbonyl (C=O) groups is 2. The Balaban J connectivity index is 2.72. The topological polar surface area (TPSA) is 72.8 Å². The van der Waals surface area contributed by atoms with Crippen LogP contribution in [0.25, 0.3) is 0 Å². The van der Waals surface area contributed by atoms with E-state index < -0.39 is 23.2 Å². The Kier molecular flexibility index (Phi) is 3.62. The lowest BCUT2D eigenvalue weighted by Crippen LogP contribution is -2.41. The van der Waals surface area contributed by atoms with E-state index in [-0.39, 0.29) is 5.92 Å². The summed E-state index contributed by atoms with van der Waals surface area (Å²) in [6.07, 6.45) is -0.758. The highest BCUT2D eigenvalue weighted by atomic mass is 32.2. The van der Waals surface area contributed by atoms with Crippen molar-refractivity contribution in [1.29, 1.82) is 0 Å². The zero-order valence-corrected chi connectivity index (χ0v) is 9.67. The summed E-state index contributed by atoms with van der Waals surface area (Å²) in [6.45, 7) is 4.79. The number of carbonyl (C=O) groups excluding carboxylic acids is 1. The van der Waals surface area contributed by atoms with Crippen molar-refractivity contribution < 1.29 is 24.2 Å². The molecular weight excluding hydrogens is 220 g/mol. The van der Waals surface area contributed by atoms with Crippen LogP contribution in [0.4, 0.5) is 0 Å². The van der Waals surface area contributed by atoms with Gasteiger partial charge in [0.1, 0.15) is 0 Å². The smallest absolute Gasteiger partial charge is 0.347 e. The number of carboxylic acids is 1. The Hall–Kier alpha value is -0.750. The first-order chi connectivity index (χ1) is 6.88. The van der Waals surface area contributed by atoms with Crippen LogP contribution in [-0.4, -0.2) is 34.0 Å². The molecule has 1 heterocycles. The number of hydrogen-bond donors (Lipinski definition) is 1. The lowest BCUT2D eigenvalue weighted by atomic mass is 10.1. The fourth-order valence-electron chi connectivity index (χ4n) is 1.36. The molecule has 1 N–H and O–H groups in total. The number of rotatable bonds is 3. The Labute approximate surface area is 92.1 Å². The third-order valence-electron chi connectivity index (χ3n) is 2.10. The highest BCUT2D eigenvalue weighted by Gasteiger charge is 2.51. The molecule has 6 heteroatoms. The van der Waals surface area contributed by atoms with Gasteiger partial charge < -0.3 is 14.6 Å². The predicted molar refractivity (Wildman–Crippen MR) is 54.3 cm³/mol. The summed E-state index contributed by atoms with van der Waals surface area (Å²) in [5.74, 6) is -1.34. The maximum Gasteiger partial charge on any atom is 0.347 e. The lowest BCUT2D eigenvalue weighted by Gasteiger charge is -2.26. The summed E-state index contributed by atoms with van der Waals surface area (Å²) in [4.78, 5) is 20.5. The van der Waals surface area contributed by atoms with Crippen molar-refractivity contribution in [2.75, 3.05) is 5.75 Å². The molecule has 15 heavy (non-hydrogen) atoms. The minimum Gasteiger partial charge on any atom is -0.478 e. The summed E-state index contributed by atoms with van der Waals surface area (Å²) >= 11 is 1.16. The summed E-state index contributed by atoms with van der Waals surface area (Å²) in [7, 11) is 0. The van der Waals surface area contributed by atoms with E-state index in [9.17, 15) is 9.59 Å². The first-order valence-electron chi connectivity index (χ1n) is 4.61. The standard InChI is InChI=1S/C9H14O5S/c1-5(2)9(8(11)12)14-7(4-15-9)13-6(3)10/h5,7H,4H2,1-3H3,(H,11,12). The van der Waals surface area contributed by atoms with E-state index in [1.54, 1.807) is 13.8 Å². The Bertz CT molecular complexity index is 278. The van der Waals surface area contributed by atoms with Crippen LogP contribution < -0.4 is 0 Å². The van der Waals surface area contributed by atoms with E-state index in [4.69, 9.17) is 14.6 Å². The first-order valence-corrected chi connectivity index (χ1v) is 5.59. The van der Waals surface area contributed by atoms with Crippen molar-refractivity contribution in [3.63, 3.8) is 0 Å². The van der Waals surface area contributed by atoms with Crippen LogP contribution in [0.15, 0.2) is 0 Å². The minimum absolute atomic E-state index is 0.194. The molecule has 0 aromatic carbocycles. The van der Waals surface area contributed by atoms with Crippen molar-refractivity contribution in [2.24, 2.45) is 5.92 Å². The zero-order valence-electron chi connectivity index (χ0n) is 8.85. The van der Waals surface area contributed by atoms with Crippen molar-refractivity contribution in [1.82, 2.24) is 0 Å². The van der Waals surface area contributed by atoms with Gasteiger partial charge in [-0.15, -0.1) is 11.8 Å². The summed E-state index contributed by atoms with van der Waals surface area (Å²) in [5.41, 5.74) is 0. The average Bonchev–Trinajstić information content (AvgIpc) is 2.48. The van der Waals surface area contributed by atoms with E-state index in [1.807, 2.05) is 0 Å². The molecule has 0 aromatic heterocycles. The maximum atomic E-state index is 11.1. The number of aliphatic carboxylic acids is 1. The van der Waals surface area contributed by atoms with E-state index in [0.717, 1.165) is 11.8 Å². The molecule has 0 spiro atoms. The van der Waals surface area contributed by atoms with Crippen LogP contribution in [0.3, 0.4) is 0 Å². The van der Waals surface area contributed by atoms with Gasteiger partial charge in [0.15, 0.2) is 0 Å². The minimum atomic E-state index is -1.29. The van der Waals surface area contributed by atoms with Crippen LogP contribution in [0.2, 0.25) is 0 Å². The second-order valence-electron chi connectivity index (χ2n) is 3.60. The molecule has 1 aliphatic heterocycles. The van der Waals surface area contributed by atoms with E-state index in [1.165, 1.54) is 6.92 Å². The molecule has 1 saturated heterocycles. The third-order valence-corrected chi connectivity index (χ3v) is 3.71. The molecule has 0 saturated carbocycles. The molecule has 2 atom stereocenters. The molecule has 0 radical (unpaired) electrons. The summed E-state index contributed by atoms with van der Waals surface area (Å²) < 4.78 is 10.1. The molecule has 1 fully saturated rings.